The van der Waals surface area contributed by atoms with Crippen LogP contribution in [-0.4, -0.2) is 12.3 Å². The zero-order valence-corrected chi connectivity index (χ0v) is 57.1. The highest BCUT2D eigenvalue weighted by molar-refractivity contribution is 7.00. The molecule has 7 aromatic rings. The van der Waals surface area contributed by atoms with Crippen LogP contribution in [0.5, 0.6) is 0 Å². The largest absolute Gasteiger partial charge is 0.334 e. The van der Waals surface area contributed by atoms with Crippen LogP contribution in [0, 0.1) is 13.8 Å². The molecule has 0 spiro atoms. The quantitative estimate of drug-likeness (QED) is 0.163. The molecule has 87 heavy (non-hydrogen) atoms. The van der Waals surface area contributed by atoms with Crippen LogP contribution in [0.15, 0.2) is 109 Å². The molecule has 3 aliphatic heterocycles. The summed E-state index contributed by atoms with van der Waals surface area (Å²) >= 11 is 0. The second-order valence-electron chi connectivity index (χ2n) is 35.3. The second-order valence-corrected chi connectivity index (χ2v) is 35.3. The molecule has 0 bridgehead atoms. The van der Waals surface area contributed by atoms with Crippen molar-refractivity contribution >= 4 is 68.6 Å². The first-order valence-electron chi connectivity index (χ1n) is 34.1. The highest BCUT2D eigenvalue weighted by atomic mass is 15.3. The van der Waals surface area contributed by atoms with Gasteiger partial charge in [0.2, 0.25) is 0 Å². The first-order chi connectivity index (χ1) is 40.6. The van der Waals surface area contributed by atoms with Gasteiger partial charge < -0.3 is 14.7 Å². The molecule has 5 aliphatic carbocycles. The molecule has 0 aromatic heterocycles. The van der Waals surface area contributed by atoms with E-state index in [1.807, 2.05) is 0 Å². The Labute approximate surface area is 525 Å². The highest BCUT2D eigenvalue weighted by Gasteiger charge is 2.59. The van der Waals surface area contributed by atoms with E-state index in [4.69, 9.17) is 0 Å². The third-order valence-corrected chi connectivity index (χ3v) is 25.8. The van der Waals surface area contributed by atoms with Crippen molar-refractivity contribution in [1.29, 1.82) is 0 Å². The molecule has 7 aromatic carbocycles. The van der Waals surface area contributed by atoms with Gasteiger partial charge in [-0.3, -0.25) is 0 Å². The SMILES string of the molecule is Cc1cc2c(cc1N1c3cc4c(cc3B3c5cc6c(cc5N(c5cc7c(cc5C)C(C)(C)CC7(C)C)c5cc(N7c8ccc(-c9ccccc9)cc8C8(C)CCCCC78C)cc1c53)C(C)(C)CCC6(C)C)C(C)(C)CCC4(C)C)C(C)(C)CCC2(C)C. The molecule has 2 atom stereocenters. The Morgan fingerprint density at radius 3 is 1.17 bits per heavy atom. The average Bonchev–Trinajstić information content (AvgIpc) is 1.56. The average molecular weight is 1150 g/mol. The number of hydrogen-bond donors (Lipinski definition) is 0. The first-order valence-corrected chi connectivity index (χ1v) is 34.1. The number of hydrogen-bond acceptors (Lipinski definition) is 3. The molecule has 0 amide bonds. The third kappa shape index (κ3) is 7.91. The lowest BCUT2D eigenvalue weighted by Crippen LogP contribution is -2.62. The summed E-state index contributed by atoms with van der Waals surface area (Å²) in [5.41, 5.74) is 34.2. The fraction of sp³-hybridized carbons (Fsp3) is 0.494. The van der Waals surface area contributed by atoms with Gasteiger partial charge >= 0.3 is 0 Å². The maximum Gasteiger partial charge on any atom is 0.252 e. The minimum absolute atomic E-state index is 0.00734. The van der Waals surface area contributed by atoms with E-state index >= 15 is 0 Å². The lowest BCUT2D eigenvalue weighted by molar-refractivity contribution is 0.195. The Morgan fingerprint density at radius 2 is 0.713 bits per heavy atom. The molecular formula is C83H100BN3. The van der Waals surface area contributed by atoms with E-state index in [0.717, 1.165) is 12.8 Å². The number of aryl methyl sites for hydroxylation is 2. The monoisotopic (exact) mass is 1150 g/mol. The smallest absolute Gasteiger partial charge is 0.252 e. The van der Waals surface area contributed by atoms with Gasteiger partial charge in [0.1, 0.15) is 0 Å². The number of anilines is 8. The fourth-order valence-corrected chi connectivity index (χ4v) is 20.0. The lowest BCUT2D eigenvalue weighted by atomic mass is 9.32. The van der Waals surface area contributed by atoms with Crippen LogP contribution >= 0.6 is 0 Å². The number of nitrogens with zero attached hydrogens (tertiary/aromatic N) is 3. The molecular weight excluding hydrogens is 1050 g/mol. The summed E-state index contributed by atoms with van der Waals surface area (Å²) < 4.78 is 0. The summed E-state index contributed by atoms with van der Waals surface area (Å²) in [7, 11) is 0. The van der Waals surface area contributed by atoms with Crippen LogP contribution in [0.1, 0.15) is 256 Å². The molecule has 0 saturated heterocycles. The van der Waals surface area contributed by atoms with Gasteiger partial charge in [0.15, 0.2) is 0 Å². The Bertz CT molecular complexity index is 4120. The van der Waals surface area contributed by atoms with E-state index in [1.165, 1.54) is 181 Å². The van der Waals surface area contributed by atoms with Gasteiger partial charge in [-0.2, -0.15) is 0 Å². The third-order valence-electron chi connectivity index (χ3n) is 25.8. The van der Waals surface area contributed by atoms with Crippen LogP contribution in [0.4, 0.5) is 45.5 Å². The molecule has 1 fully saturated rings. The minimum Gasteiger partial charge on any atom is -0.334 e. The van der Waals surface area contributed by atoms with Crippen molar-refractivity contribution in [2.75, 3.05) is 14.7 Å². The molecule has 450 valence electrons. The van der Waals surface area contributed by atoms with Crippen LogP contribution in [0.25, 0.3) is 11.1 Å². The van der Waals surface area contributed by atoms with Crippen molar-refractivity contribution in [3.8, 4) is 11.1 Å². The van der Waals surface area contributed by atoms with Crippen molar-refractivity contribution in [2.24, 2.45) is 0 Å². The van der Waals surface area contributed by atoms with Gasteiger partial charge in [-0.1, -0.05) is 191 Å². The summed E-state index contributed by atoms with van der Waals surface area (Å²) in [5, 5.41) is 0. The molecule has 1 saturated carbocycles. The lowest BCUT2D eigenvalue weighted by Gasteiger charge is -2.52. The molecule has 3 heterocycles. The predicted molar refractivity (Wildman–Crippen MR) is 375 cm³/mol. The van der Waals surface area contributed by atoms with E-state index in [9.17, 15) is 0 Å². The van der Waals surface area contributed by atoms with E-state index in [1.54, 1.807) is 11.1 Å². The molecule has 4 heteroatoms. The highest BCUT2D eigenvalue weighted by Crippen LogP contribution is 2.64. The topological polar surface area (TPSA) is 9.72 Å². The van der Waals surface area contributed by atoms with Gasteiger partial charge in [-0.05, 0) is 259 Å². The van der Waals surface area contributed by atoms with Crippen LogP contribution in [-0.2, 0) is 48.7 Å². The predicted octanol–water partition coefficient (Wildman–Crippen LogP) is 20.8. The van der Waals surface area contributed by atoms with E-state index in [0.29, 0.717) is 0 Å². The van der Waals surface area contributed by atoms with Crippen molar-refractivity contribution in [3.05, 3.63) is 170 Å². The van der Waals surface area contributed by atoms with Crippen LogP contribution < -0.4 is 31.1 Å². The maximum absolute atomic E-state index is 2.91. The van der Waals surface area contributed by atoms with Crippen molar-refractivity contribution in [1.82, 2.24) is 0 Å². The van der Waals surface area contributed by atoms with Gasteiger partial charge in [0, 0.05) is 50.9 Å². The number of benzene rings is 7. The van der Waals surface area contributed by atoms with Crippen LogP contribution in [0.2, 0.25) is 0 Å². The standard InChI is InChI=1S/C83H100BN3/c1-50-38-55-59(77(9,10)35-32-74(55,3)4)45-67(50)85-69-47-60-57(75(5,6)33-36-78(60,11)12)43-64(69)84-65-44-58-61(79(13,14)37-34-76(58,7)8)48-70(65)86(68-46-62-56(39-51(68)2)80(15,16)49-81(62,17)18)72-42-54(41-71(85)73(72)84)87-66-29-28-53(52-26-22-21-23-27-52)40-63(66)82(19)30-24-25-31-83(82,87)20/h21-23,26-29,38-48H,24-25,30-37,49H2,1-20H3. The zero-order valence-electron chi connectivity index (χ0n) is 57.1. The molecule has 0 N–H and O–H groups in total. The summed E-state index contributed by atoms with van der Waals surface area (Å²) in [6, 6.07) is 46.0. The molecule has 0 radical (unpaired) electrons. The summed E-state index contributed by atoms with van der Waals surface area (Å²) in [6.07, 6.45) is 12.9. The van der Waals surface area contributed by atoms with E-state index in [-0.39, 0.29) is 61.0 Å². The maximum atomic E-state index is 2.91. The second kappa shape index (κ2) is 17.9. The normalized spacial score (nSPS) is 25.2. The Hall–Kier alpha value is -6.00. The van der Waals surface area contributed by atoms with Gasteiger partial charge in [0.25, 0.3) is 6.71 Å². The molecule has 3 nitrogen and oxygen atoms in total. The van der Waals surface area contributed by atoms with Crippen molar-refractivity contribution < 1.29 is 0 Å². The Balaban J connectivity index is 1.12. The van der Waals surface area contributed by atoms with Gasteiger partial charge in [0.05, 0.1) is 5.54 Å². The Kier molecular flexibility index (Phi) is 11.8. The summed E-state index contributed by atoms with van der Waals surface area (Å²) in [6.45, 7) is 50.6. The number of fused-ring (bicyclic) bond motifs is 11. The molecule has 8 aliphatic rings. The Morgan fingerprint density at radius 1 is 0.322 bits per heavy atom. The van der Waals surface area contributed by atoms with E-state index in [2.05, 4.69) is 262 Å². The molecule has 15 rings (SSSR count). The zero-order chi connectivity index (χ0) is 61.7. The van der Waals surface area contributed by atoms with Crippen LogP contribution in [0.3, 0.4) is 0 Å². The molecule has 2 unspecified atom stereocenters. The fourth-order valence-electron chi connectivity index (χ4n) is 20.0. The van der Waals surface area contributed by atoms with Gasteiger partial charge in [-0.15, -0.1) is 0 Å². The minimum atomic E-state index is -0.183. The number of rotatable bonds is 4. The van der Waals surface area contributed by atoms with E-state index < -0.39 is 0 Å². The summed E-state index contributed by atoms with van der Waals surface area (Å²) in [5.74, 6) is 0. The van der Waals surface area contributed by atoms with Crippen molar-refractivity contribution in [3.63, 3.8) is 0 Å². The summed E-state index contributed by atoms with van der Waals surface area (Å²) in [4.78, 5) is 8.64. The first kappa shape index (κ1) is 57.4. The van der Waals surface area contributed by atoms with Crippen molar-refractivity contribution in [2.45, 2.75) is 263 Å². The van der Waals surface area contributed by atoms with Gasteiger partial charge in [-0.25, -0.2) is 0 Å².